The van der Waals surface area contributed by atoms with E-state index in [-0.39, 0.29) is 11.9 Å². The fourth-order valence-corrected chi connectivity index (χ4v) is 2.73. The summed E-state index contributed by atoms with van der Waals surface area (Å²) in [5, 5.41) is 2.32. The van der Waals surface area contributed by atoms with Crippen molar-refractivity contribution in [1.29, 1.82) is 0 Å². The van der Waals surface area contributed by atoms with Gasteiger partial charge in [-0.25, -0.2) is 8.42 Å². The van der Waals surface area contributed by atoms with Gasteiger partial charge in [0.25, 0.3) is 0 Å². The van der Waals surface area contributed by atoms with Crippen LogP contribution in [0.2, 0.25) is 0 Å². The second-order valence-corrected chi connectivity index (χ2v) is 7.37. The van der Waals surface area contributed by atoms with Crippen LogP contribution in [0.15, 0.2) is 0 Å². The largest absolute Gasteiger partial charge is 0.337 e. The zero-order chi connectivity index (χ0) is 13.8. The van der Waals surface area contributed by atoms with Gasteiger partial charge in [0.1, 0.15) is 5.25 Å². The van der Waals surface area contributed by atoms with Crippen molar-refractivity contribution in [2.24, 2.45) is 0 Å². The molecular weight excluding hydrogens is 252 g/mol. The van der Waals surface area contributed by atoms with Gasteiger partial charge in [-0.3, -0.25) is 4.79 Å². The number of amides is 1. The van der Waals surface area contributed by atoms with E-state index in [9.17, 15) is 13.2 Å². The first-order valence-electron chi connectivity index (χ1n) is 6.58. The maximum Gasteiger partial charge on any atom is 0.240 e. The zero-order valence-electron chi connectivity index (χ0n) is 11.5. The minimum atomic E-state index is -3.32. The summed E-state index contributed by atoms with van der Waals surface area (Å²) in [7, 11) is -3.32. The van der Waals surface area contributed by atoms with Crippen LogP contribution in [0.1, 0.15) is 33.1 Å². The van der Waals surface area contributed by atoms with Gasteiger partial charge in [0.15, 0.2) is 9.84 Å². The fraction of sp³-hybridized carbons (Fsp3) is 0.917. The molecule has 1 aliphatic rings. The number of nitrogens with zero attached hydrogens (tertiary/aromatic N) is 1. The van der Waals surface area contributed by atoms with Crippen LogP contribution in [-0.4, -0.2) is 56.4 Å². The van der Waals surface area contributed by atoms with Crippen LogP contribution in [0.4, 0.5) is 0 Å². The van der Waals surface area contributed by atoms with Crippen LogP contribution >= 0.6 is 0 Å². The third kappa shape index (κ3) is 3.95. The van der Waals surface area contributed by atoms with E-state index in [1.54, 1.807) is 4.90 Å². The second-order valence-electron chi connectivity index (χ2n) is 5.00. The molecule has 0 aromatic heterocycles. The van der Waals surface area contributed by atoms with Gasteiger partial charge < -0.3 is 10.2 Å². The molecule has 0 bridgehead atoms. The Morgan fingerprint density at radius 1 is 1.50 bits per heavy atom. The summed E-state index contributed by atoms with van der Waals surface area (Å²) >= 11 is 0. The molecule has 1 amide bonds. The molecule has 2 unspecified atom stereocenters. The lowest BCUT2D eigenvalue weighted by molar-refractivity contribution is -0.133. The molecule has 1 saturated heterocycles. The van der Waals surface area contributed by atoms with Crippen molar-refractivity contribution in [3.63, 3.8) is 0 Å². The highest BCUT2D eigenvalue weighted by atomic mass is 32.2. The topological polar surface area (TPSA) is 66.5 Å². The first-order valence-corrected chi connectivity index (χ1v) is 8.53. The molecule has 18 heavy (non-hydrogen) atoms. The van der Waals surface area contributed by atoms with Crippen molar-refractivity contribution >= 4 is 15.7 Å². The predicted molar refractivity (Wildman–Crippen MR) is 72.2 cm³/mol. The molecule has 5 nitrogen and oxygen atoms in total. The number of sulfone groups is 1. The van der Waals surface area contributed by atoms with E-state index in [1.807, 2.05) is 6.92 Å². The second kappa shape index (κ2) is 6.52. The van der Waals surface area contributed by atoms with Crippen LogP contribution in [0.3, 0.4) is 0 Å². The first-order chi connectivity index (χ1) is 8.38. The van der Waals surface area contributed by atoms with Crippen molar-refractivity contribution in [2.45, 2.75) is 44.4 Å². The number of carbonyl (C=O) groups is 1. The van der Waals surface area contributed by atoms with Gasteiger partial charge >= 0.3 is 0 Å². The van der Waals surface area contributed by atoms with Gasteiger partial charge in [0.2, 0.25) is 5.91 Å². The Kier molecular flexibility index (Phi) is 5.59. The smallest absolute Gasteiger partial charge is 0.240 e. The number of hydrogen-bond acceptors (Lipinski definition) is 4. The number of hydrogen-bond donors (Lipinski definition) is 1. The number of carbonyl (C=O) groups excluding carboxylic acids is 1. The monoisotopic (exact) mass is 276 g/mol. The van der Waals surface area contributed by atoms with Crippen LogP contribution < -0.4 is 5.32 Å². The zero-order valence-corrected chi connectivity index (χ0v) is 12.3. The van der Waals surface area contributed by atoms with Gasteiger partial charge in [-0.2, -0.15) is 0 Å². The van der Waals surface area contributed by atoms with E-state index in [0.717, 1.165) is 38.6 Å². The minimum Gasteiger partial charge on any atom is -0.337 e. The summed E-state index contributed by atoms with van der Waals surface area (Å²) in [6, 6.07) is 0.135. The van der Waals surface area contributed by atoms with E-state index in [2.05, 4.69) is 5.32 Å². The normalized spacial score (nSPS) is 22.5. The minimum absolute atomic E-state index is 0.135. The quantitative estimate of drug-likeness (QED) is 0.790. The van der Waals surface area contributed by atoms with Gasteiger partial charge in [-0.05, 0) is 32.7 Å². The molecule has 1 heterocycles. The highest BCUT2D eigenvalue weighted by Crippen LogP contribution is 2.14. The lowest BCUT2D eigenvalue weighted by Crippen LogP contribution is -2.52. The Balaban J connectivity index is 2.80. The van der Waals surface area contributed by atoms with Crippen LogP contribution in [0.25, 0.3) is 0 Å². The Hall–Kier alpha value is -0.620. The maximum absolute atomic E-state index is 12.3. The number of nitrogens with one attached hydrogen (secondary N) is 1. The van der Waals surface area contributed by atoms with Crippen molar-refractivity contribution < 1.29 is 13.2 Å². The van der Waals surface area contributed by atoms with E-state index in [4.69, 9.17) is 0 Å². The van der Waals surface area contributed by atoms with Crippen LogP contribution in [0, 0.1) is 0 Å². The third-order valence-corrected chi connectivity index (χ3v) is 4.94. The van der Waals surface area contributed by atoms with Crippen molar-refractivity contribution in [2.75, 3.05) is 25.9 Å². The highest BCUT2D eigenvalue weighted by molar-refractivity contribution is 7.92. The molecule has 1 fully saturated rings. The SMILES string of the molecule is CCCN(C(=O)C(C)S(C)(=O)=O)C1CCCNC1. The molecule has 106 valence electrons. The summed E-state index contributed by atoms with van der Waals surface area (Å²) in [6.45, 7) is 5.86. The Labute approximate surface area is 110 Å². The average Bonchev–Trinajstić information content (AvgIpc) is 2.34. The summed E-state index contributed by atoms with van der Waals surface area (Å²) in [5.74, 6) is -0.256. The summed E-state index contributed by atoms with van der Waals surface area (Å²) in [4.78, 5) is 14.0. The average molecular weight is 276 g/mol. The predicted octanol–water partition coefficient (Wildman–Crippen LogP) is 0.410. The van der Waals surface area contributed by atoms with E-state index in [0.29, 0.717) is 6.54 Å². The molecular formula is C12H24N2O3S. The number of piperidine rings is 1. The Morgan fingerprint density at radius 2 is 2.17 bits per heavy atom. The summed E-state index contributed by atoms with van der Waals surface area (Å²) < 4.78 is 23.0. The summed E-state index contributed by atoms with van der Waals surface area (Å²) in [5.41, 5.74) is 0. The molecule has 0 spiro atoms. The van der Waals surface area contributed by atoms with Crippen LogP contribution in [-0.2, 0) is 14.6 Å². The first kappa shape index (κ1) is 15.4. The number of rotatable bonds is 5. The lowest BCUT2D eigenvalue weighted by atomic mass is 10.1. The van der Waals surface area contributed by atoms with E-state index >= 15 is 0 Å². The summed E-state index contributed by atoms with van der Waals surface area (Å²) in [6.07, 6.45) is 3.96. The molecule has 0 radical (unpaired) electrons. The molecule has 1 rings (SSSR count). The third-order valence-electron chi connectivity index (χ3n) is 3.45. The van der Waals surface area contributed by atoms with Crippen molar-refractivity contribution in [1.82, 2.24) is 10.2 Å². The highest BCUT2D eigenvalue weighted by Gasteiger charge is 2.32. The Morgan fingerprint density at radius 3 is 2.61 bits per heavy atom. The molecule has 0 saturated carbocycles. The van der Waals surface area contributed by atoms with Gasteiger partial charge in [0, 0.05) is 25.4 Å². The molecule has 0 aromatic rings. The Bertz CT molecular complexity index is 375. The molecule has 0 aliphatic carbocycles. The van der Waals surface area contributed by atoms with Gasteiger partial charge in [-0.15, -0.1) is 0 Å². The van der Waals surface area contributed by atoms with Gasteiger partial charge in [0.05, 0.1) is 0 Å². The molecule has 1 N–H and O–H groups in total. The molecule has 1 aliphatic heterocycles. The van der Waals surface area contributed by atoms with Crippen molar-refractivity contribution in [3.05, 3.63) is 0 Å². The standard InChI is InChI=1S/C12H24N2O3S/c1-4-8-14(11-6-5-7-13-9-11)12(15)10(2)18(3,16)17/h10-11,13H,4-9H2,1-3H3. The van der Waals surface area contributed by atoms with E-state index in [1.165, 1.54) is 6.92 Å². The van der Waals surface area contributed by atoms with Crippen molar-refractivity contribution in [3.8, 4) is 0 Å². The maximum atomic E-state index is 12.3. The van der Waals surface area contributed by atoms with Crippen LogP contribution in [0.5, 0.6) is 0 Å². The molecule has 2 atom stereocenters. The van der Waals surface area contributed by atoms with Gasteiger partial charge in [-0.1, -0.05) is 6.92 Å². The molecule has 0 aromatic carbocycles. The fourth-order valence-electron chi connectivity index (χ4n) is 2.23. The lowest BCUT2D eigenvalue weighted by Gasteiger charge is -2.35. The molecule has 6 heteroatoms. The van der Waals surface area contributed by atoms with E-state index < -0.39 is 15.1 Å².